The fourth-order valence-corrected chi connectivity index (χ4v) is 1.94. The number of carboxylic acid groups (broad SMARTS) is 1. The highest BCUT2D eigenvalue weighted by molar-refractivity contribution is 5.86. The zero-order chi connectivity index (χ0) is 13.9. The average molecular weight is 259 g/mol. The molecule has 4 N–H and O–H groups in total. The number of hydrogen-bond donors (Lipinski definition) is 3. The number of likely N-dealkylation sites (tertiary alicyclic amines) is 1. The molecular formula is C10H17N3O5. The summed E-state index contributed by atoms with van der Waals surface area (Å²) >= 11 is 0. The van der Waals surface area contributed by atoms with Crippen LogP contribution in [-0.4, -0.2) is 69.7 Å². The molecule has 1 rings (SSSR count). The molecule has 1 saturated heterocycles. The molecule has 2 atom stereocenters. The van der Waals surface area contributed by atoms with Crippen molar-refractivity contribution in [3.8, 4) is 0 Å². The van der Waals surface area contributed by atoms with E-state index in [0.29, 0.717) is 0 Å². The smallest absolute Gasteiger partial charge is 0.326 e. The van der Waals surface area contributed by atoms with E-state index in [2.05, 4.69) is 0 Å². The Balaban J connectivity index is 2.80. The molecule has 0 aromatic rings. The van der Waals surface area contributed by atoms with Crippen LogP contribution in [0.15, 0.2) is 0 Å². The fraction of sp³-hybridized carbons (Fsp3) is 0.700. The first kappa shape index (κ1) is 14.2. The van der Waals surface area contributed by atoms with E-state index in [0.717, 1.165) is 9.80 Å². The maximum absolute atomic E-state index is 12.0. The van der Waals surface area contributed by atoms with Gasteiger partial charge in [-0.15, -0.1) is 0 Å². The van der Waals surface area contributed by atoms with Crippen molar-refractivity contribution in [3.63, 3.8) is 0 Å². The van der Waals surface area contributed by atoms with Gasteiger partial charge in [-0.25, -0.2) is 9.59 Å². The third kappa shape index (κ3) is 3.10. The van der Waals surface area contributed by atoms with Gasteiger partial charge in [0, 0.05) is 19.5 Å². The van der Waals surface area contributed by atoms with Crippen molar-refractivity contribution in [2.45, 2.75) is 25.5 Å². The number of hydrogen-bond acceptors (Lipinski definition) is 4. The highest BCUT2D eigenvalue weighted by Gasteiger charge is 2.40. The fourth-order valence-electron chi connectivity index (χ4n) is 1.94. The van der Waals surface area contributed by atoms with Gasteiger partial charge in [-0.1, -0.05) is 0 Å². The third-order valence-electron chi connectivity index (χ3n) is 2.81. The Morgan fingerprint density at radius 1 is 1.44 bits per heavy atom. The van der Waals surface area contributed by atoms with Crippen LogP contribution in [0.1, 0.15) is 13.3 Å². The van der Waals surface area contributed by atoms with Crippen molar-refractivity contribution >= 4 is 17.9 Å². The highest BCUT2D eigenvalue weighted by Crippen LogP contribution is 2.19. The molecule has 0 saturated carbocycles. The number of aliphatic hydroxyl groups excluding tert-OH is 1. The van der Waals surface area contributed by atoms with Gasteiger partial charge < -0.3 is 25.7 Å². The predicted molar refractivity (Wildman–Crippen MR) is 60.6 cm³/mol. The Hall–Kier alpha value is -1.83. The summed E-state index contributed by atoms with van der Waals surface area (Å²) in [5.74, 6) is -1.84. The largest absolute Gasteiger partial charge is 0.480 e. The lowest BCUT2D eigenvalue weighted by atomic mass is 10.2. The van der Waals surface area contributed by atoms with Crippen LogP contribution >= 0.6 is 0 Å². The first-order valence-electron chi connectivity index (χ1n) is 5.61. The number of nitrogens with zero attached hydrogens (tertiary/aromatic N) is 2. The Morgan fingerprint density at radius 2 is 2.06 bits per heavy atom. The minimum Gasteiger partial charge on any atom is -0.480 e. The number of carbonyl (C=O) groups is 3. The molecule has 1 aliphatic heterocycles. The number of aliphatic hydroxyl groups is 1. The number of primary amides is 1. The monoisotopic (exact) mass is 259 g/mol. The van der Waals surface area contributed by atoms with Gasteiger partial charge in [0.05, 0.1) is 6.10 Å². The number of urea groups is 1. The molecule has 1 aliphatic rings. The minimum atomic E-state index is -1.17. The number of likely N-dealkylation sites (N-methyl/N-ethyl adjacent to an activating group) is 1. The second kappa shape index (κ2) is 5.67. The molecule has 1 fully saturated rings. The van der Waals surface area contributed by atoms with Crippen LogP contribution in [0.4, 0.5) is 4.79 Å². The average Bonchev–Trinajstić information content (AvgIpc) is 2.67. The Kier molecular flexibility index (Phi) is 4.49. The molecule has 0 radical (unpaired) electrons. The molecule has 8 heteroatoms. The molecule has 0 aromatic heterocycles. The zero-order valence-corrected chi connectivity index (χ0v) is 10.1. The molecule has 0 aliphatic carbocycles. The van der Waals surface area contributed by atoms with Crippen LogP contribution in [0.5, 0.6) is 0 Å². The van der Waals surface area contributed by atoms with Crippen molar-refractivity contribution in [2.24, 2.45) is 5.73 Å². The van der Waals surface area contributed by atoms with E-state index in [1.54, 1.807) is 6.92 Å². The van der Waals surface area contributed by atoms with Gasteiger partial charge in [-0.2, -0.15) is 0 Å². The molecule has 0 unspecified atom stereocenters. The molecular weight excluding hydrogens is 242 g/mol. The van der Waals surface area contributed by atoms with E-state index in [1.165, 1.54) is 0 Å². The molecule has 0 aromatic carbocycles. The maximum atomic E-state index is 12.0. The maximum Gasteiger partial charge on any atom is 0.326 e. The molecule has 8 nitrogen and oxygen atoms in total. The highest BCUT2D eigenvalue weighted by atomic mass is 16.4. The van der Waals surface area contributed by atoms with Gasteiger partial charge >= 0.3 is 12.0 Å². The minimum absolute atomic E-state index is 0.00476. The molecule has 0 spiro atoms. The molecule has 18 heavy (non-hydrogen) atoms. The number of nitrogens with two attached hydrogens (primary N) is 1. The SMILES string of the molecule is CCN(CC(N)=O)C(=O)N1C[C@H](O)C[C@@H]1C(=O)O. The summed E-state index contributed by atoms with van der Waals surface area (Å²) in [5, 5.41) is 18.4. The first-order chi connectivity index (χ1) is 8.36. The summed E-state index contributed by atoms with van der Waals surface area (Å²) in [5.41, 5.74) is 5.01. The van der Waals surface area contributed by atoms with E-state index in [-0.39, 0.29) is 26.1 Å². The van der Waals surface area contributed by atoms with Crippen molar-refractivity contribution in [1.82, 2.24) is 9.80 Å². The van der Waals surface area contributed by atoms with Crippen molar-refractivity contribution in [1.29, 1.82) is 0 Å². The number of β-amino-alcohol motifs (C(OH)–C–C–N with tert-alkyl or cyclic N) is 1. The van der Waals surface area contributed by atoms with Gasteiger partial charge in [0.15, 0.2) is 0 Å². The number of amides is 3. The van der Waals surface area contributed by atoms with E-state index < -0.39 is 30.1 Å². The number of carbonyl (C=O) groups excluding carboxylic acids is 2. The van der Waals surface area contributed by atoms with Crippen LogP contribution < -0.4 is 5.73 Å². The lowest BCUT2D eigenvalue weighted by Crippen LogP contribution is -2.50. The lowest BCUT2D eigenvalue weighted by molar-refractivity contribution is -0.141. The molecule has 1 heterocycles. The summed E-state index contributed by atoms with van der Waals surface area (Å²) in [6.07, 6.45) is -0.864. The number of rotatable bonds is 4. The van der Waals surface area contributed by atoms with E-state index >= 15 is 0 Å². The van der Waals surface area contributed by atoms with E-state index in [4.69, 9.17) is 10.8 Å². The lowest BCUT2D eigenvalue weighted by Gasteiger charge is -2.28. The molecule has 3 amide bonds. The van der Waals surface area contributed by atoms with Crippen LogP contribution in [0.25, 0.3) is 0 Å². The summed E-state index contributed by atoms with van der Waals surface area (Å²) in [7, 11) is 0. The second-order valence-corrected chi connectivity index (χ2v) is 4.16. The summed E-state index contributed by atoms with van der Waals surface area (Å²) in [6, 6.07) is -1.66. The zero-order valence-electron chi connectivity index (χ0n) is 10.1. The second-order valence-electron chi connectivity index (χ2n) is 4.16. The van der Waals surface area contributed by atoms with Crippen molar-refractivity contribution in [3.05, 3.63) is 0 Å². The van der Waals surface area contributed by atoms with Crippen LogP contribution in [-0.2, 0) is 9.59 Å². The quantitative estimate of drug-likeness (QED) is 0.563. The Bertz CT molecular complexity index is 359. The van der Waals surface area contributed by atoms with Crippen LogP contribution in [0, 0.1) is 0 Å². The molecule has 102 valence electrons. The third-order valence-corrected chi connectivity index (χ3v) is 2.81. The Labute approximate surface area is 104 Å². The van der Waals surface area contributed by atoms with Gasteiger partial charge in [-0.3, -0.25) is 4.79 Å². The number of aliphatic carboxylic acids is 1. The summed E-state index contributed by atoms with van der Waals surface area (Å²) in [6.45, 7) is 1.57. The van der Waals surface area contributed by atoms with Crippen LogP contribution in [0.2, 0.25) is 0 Å². The standard InChI is InChI=1S/C10H17N3O5/c1-2-12(5-8(11)15)10(18)13-4-6(14)3-7(13)9(16)17/h6-7,14H,2-5H2,1H3,(H2,11,15)(H,16,17)/t6-,7-/m1/s1. The number of carboxylic acids is 1. The van der Waals surface area contributed by atoms with E-state index in [1.807, 2.05) is 0 Å². The summed E-state index contributed by atoms with van der Waals surface area (Å²) in [4.78, 5) is 36.0. The predicted octanol–water partition coefficient (Wildman–Crippen LogP) is -1.57. The van der Waals surface area contributed by atoms with Gasteiger partial charge in [0.1, 0.15) is 12.6 Å². The normalized spacial score (nSPS) is 22.9. The molecule has 0 bridgehead atoms. The van der Waals surface area contributed by atoms with E-state index in [9.17, 15) is 19.5 Å². The van der Waals surface area contributed by atoms with Gasteiger partial charge in [-0.05, 0) is 6.92 Å². The topological polar surface area (TPSA) is 124 Å². The van der Waals surface area contributed by atoms with Gasteiger partial charge in [0.25, 0.3) is 0 Å². The summed E-state index contributed by atoms with van der Waals surface area (Å²) < 4.78 is 0. The Morgan fingerprint density at radius 3 is 2.50 bits per heavy atom. The van der Waals surface area contributed by atoms with Crippen molar-refractivity contribution < 1.29 is 24.6 Å². The van der Waals surface area contributed by atoms with Crippen LogP contribution in [0.3, 0.4) is 0 Å². The van der Waals surface area contributed by atoms with Gasteiger partial charge in [0.2, 0.25) is 5.91 Å². The first-order valence-corrected chi connectivity index (χ1v) is 5.61. The van der Waals surface area contributed by atoms with Crippen molar-refractivity contribution in [2.75, 3.05) is 19.6 Å².